The Bertz CT molecular complexity index is 627. The number of primary amides is 1. The van der Waals surface area contributed by atoms with E-state index in [-0.39, 0.29) is 22.6 Å². The van der Waals surface area contributed by atoms with Gasteiger partial charge in [-0.15, -0.1) is 0 Å². The molecule has 0 saturated heterocycles. The van der Waals surface area contributed by atoms with Gasteiger partial charge in [0.05, 0.1) is 12.7 Å². The maximum absolute atomic E-state index is 14.2. The van der Waals surface area contributed by atoms with Crippen LogP contribution < -0.4 is 16.2 Å². The fraction of sp³-hybridized carbons (Fsp3) is 0.0714. The highest BCUT2D eigenvalue weighted by Crippen LogP contribution is 2.36. The fourth-order valence-corrected chi connectivity index (χ4v) is 1.89. The average Bonchev–Trinajstić information content (AvgIpc) is 2.42. The van der Waals surface area contributed by atoms with Crippen LogP contribution in [-0.4, -0.2) is 13.0 Å². The van der Waals surface area contributed by atoms with Crippen molar-refractivity contribution in [1.82, 2.24) is 0 Å². The molecule has 0 aliphatic heterocycles. The Morgan fingerprint density at radius 3 is 2.42 bits per heavy atom. The smallest absolute Gasteiger partial charge is 0.252 e. The van der Waals surface area contributed by atoms with E-state index < -0.39 is 11.7 Å². The van der Waals surface area contributed by atoms with Crippen LogP contribution in [0.25, 0.3) is 11.1 Å². The Labute approximate surface area is 109 Å². The number of nitrogen functional groups attached to an aromatic ring is 1. The van der Waals surface area contributed by atoms with Crippen molar-refractivity contribution in [1.29, 1.82) is 0 Å². The van der Waals surface area contributed by atoms with Crippen molar-refractivity contribution >= 4 is 11.6 Å². The molecule has 0 heterocycles. The number of ether oxygens (including phenoxy) is 1. The van der Waals surface area contributed by atoms with Crippen LogP contribution >= 0.6 is 0 Å². The zero-order valence-corrected chi connectivity index (χ0v) is 10.3. The summed E-state index contributed by atoms with van der Waals surface area (Å²) in [6, 6.07) is 10.1. The number of anilines is 1. The third-order valence-corrected chi connectivity index (χ3v) is 2.81. The maximum atomic E-state index is 14.2. The Kier molecular flexibility index (Phi) is 3.37. The monoisotopic (exact) mass is 260 g/mol. The Balaban J connectivity index is 2.74. The van der Waals surface area contributed by atoms with Gasteiger partial charge < -0.3 is 16.2 Å². The molecule has 98 valence electrons. The molecule has 0 aliphatic carbocycles. The third kappa shape index (κ3) is 2.22. The van der Waals surface area contributed by atoms with Crippen LogP contribution in [0.4, 0.5) is 10.1 Å². The number of halogens is 1. The number of carbonyl (C=O) groups is 1. The van der Waals surface area contributed by atoms with Gasteiger partial charge >= 0.3 is 0 Å². The lowest BCUT2D eigenvalue weighted by molar-refractivity contribution is 0.0997. The molecule has 1 amide bonds. The van der Waals surface area contributed by atoms with Crippen molar-refractivity contribution in [3.63, 3.8) is 0 Å². The molecule has 0 aromatic heterocycles. The van der Waals surface area contributed by atoms with Gasteiger partial charge in [-0.1, -0.05) is 30.3 Å². The zero-order chi connectivity index (χ0) is 14.0. The normalized spacial score (nSPS) is 10.2. The molecule has 2 rings (SSSR count). The fourth-order valence-electron chi connectivity index (χ4n) is 1.89. The second-order valence-corrected chi connectivity index (χ2v) is 3.96. The number of hydrogen-bond donors (Lipinski definition) is 2. The van der Waals surface area contributed by atoms with E-state index in [0.717, 1.165) is 0 Å². The van der Waals surface area contributed by atoms with Gasteiger partial charge in [0, 0.05) is 5.56 Å². The summed E-state index contributed by atoms with van der Waals surface area (Å²) < 4.78 is 19.2. The molecule has 4 N–H and O–H groups in total. The third-order valence-electron chi connectivity index (χ3n) is 2.81. The zero-order valence-electron chi connectivity index (χ0n) is 10.3. The molecule has 0 spiro atoms. The van der Waals surface area contributed by atoms with Gasteiger partial charge in [0.1, 0.15) is 5.69 Å². The lowest BCUT2D eigenvalue weighted by Gasteiger charge is -2.13. The molecular formula is C14H13FN2O2. The first kappa shape index (κ1) is 12.9. The summed E-state index contributed by atoms with van der Waals surface area (Å²) in [7, 11) is 1.31. The maximum Gasteiger partial charge on any atom is 0.252 e. The number of amides is 1. The van der Waals surface area contributed by atoms with Crippen LogP contribution in [0, 0.1) is 5.82 Å². The van der Waals surface area contributed by atoms with Crippen molar-refractivity contribution < 1.29 is 13.9 Å². The van der Waals surface area contributed by atoms with E-state index in [0.29, 0.717) is 5.56 Å². The Morgan fingerprint density at radius 2 is 1.89 bits per heavy atom. The van der Waals surface area contributed by atoms with Crippen LogP contribution in [0.2, 0.25) is 0 Å². The van der Waals surface area contributed by atoms with E-state index in [9.17, 15) is 9.18 Å². The van der Waals surface area contributed by atoms with E-state index >= 15 is 0 Å². The molecule has 0 atom stereocenters. The van der Waals surface area contributed by atoms with Crippen molar-refractivity contribution in [2.24, 2.45) is 5.73 Å². The van der Waals surface area contributed by atoms with Gasteiger partial charge in [-0.3, -0.25) is 4.79 Å². The average molecular weight is 260 g/mol. The SMILES string of the molecule is COc1c(C(N)=O)cc(-c2ccccc2)c(F)c1N. The van der Waals surface area contributed by atoms with E-state index in [4.69, 9.17) is 16.2 Å². The summed E-state index contributed by atoms with van der Waals surface area (Å²) in [6.07, 6.45) is 0. The summed E-state index contributed by atoms with van der Waals surface area (Å²) in [5.41, 5.74) is 11.6. The predicted octanol–water partition coefficient (Wildman–Crippen LogP) is 2.18. The molecule has 0 bridgehead atoms. The molecule has 4 nitrogen and oxygen atoms in total. The minimum atomic E-state index is -0.722. The molecule has 2 aromatic rings. The lowest BCUT2D eigenvalue weighted by Crippen LogP contribution is -2.14. The Morgan fingerprint density at radius 1 is 1.26 bits per heavy atom. The number of hydrogen-bond acceptors (Lipinski definition) is 3. The number of carbonyl (C=O) groups excluding carboxylic acids is 1. The van der Waals surface area contributed by atoms with Crippen molar-refractivity contribution in [3.8, 4) is 16.9 Å². The Hall–Kier alpha value is -2.56. The van der Waals surface area contributed by atoms with E-state index in [1.54, 1.807) is 24.3 Å². The predicted molar refractivity (Wildman–Crippen MR) is 71.3 cm³/mol. The molecule has 0 aliphatic rings. The topological polar surface area (TPSA) is 78.3 Å². The summed E-state index contributed by atoms with van der Waals surface area (Å²) >= 11 is 0. The van der Waals surface area contributed by atoms with E-state index in [1.165, 1.54) is 13.2 Å². The highest BCUT2D eigenvalue weighted by molar-refractivity contribution is 5.99. The van der Waals surface area contributed by atoms with Gasteiger partial charge in [-0.25, -0.2) is 4.39 Å². The standard InChI is InChI=1S/C14H13FN2O2/c1-19-13-10(14(17)18)7-9(11(15)12(13)16)8-5-3-2-4-6-8/h2-7H,16H2,1H3,(H2,17,18). The minimum Gasteiger partial charge on any atom is -0.494 e. The molecule has 0 unspecified atom stereocenters. The van der Waals surface area contributed by atoms with Crippen LogP contribution in [-0.2, 0) is 0 Å². The first-order valence-electron chi connectivity index (χ1n) is 5.57. The first-order chi connectivity index (χ1) is 9.06. The number of nitrogens with two attached hydrogens (primary N) is 2. The highest BCUT2D eigenvalue weighted by atomic mass is 19.1. The van der Waals surface area contributed by atoms with E-state index in [1.807, 2.05) is 6.07 Å². The van der Waals surface area contributed by atoms with Crippen LogP contribution in [0.15, 0.2) is 36.4 Å². The van der Waals surface area contributed by atoms with Crippen molar-refractivity contribution in [3.05, 3.63) is 47.8 Å². The summed E-state index contributed by atoms with van der Waals surface area (Å²) in [5.74, 6) is -1.39. The molecule has 19 heavy (non-hydrogen) atoms. The van der Waals surface area contributed by atoms with Gasteiger partial charge in [-0.05, 0) is 11.6 Å². The first-order valence-corrected chi connectivity index (χ1v) is 5.57. The van der Waals surface area contributed by atoms with Crippen molar-refractivity contribution in [2.45, 2.75) is 0 Å². The lowest BCUT2D eigenvalue weighted by atomic mass is 10.00. The highest BCUT2D eigenvalue weighted by Gasteiger charge is 2.20. The molecule has 0 fully saturated rings. The quantitative estimate of drug-likeness (QED) is 0.830. The van der Waals surface area contributed by atoms with Crippen LogP contribution in [0.3, 0.4) is 0 Å². The number of methoxy groups -OCH3 is 1. The molecule has 5 heteroatoms. The summed E-state index contributed by atoms with van der Waals surface area (Å²) in [4.78, 5) is 11.4. The van der Waals surface area contributed by atoms with Crippen LogP contribution in [0.5, 0.6) is 5.75 Å². The molecule has 2 aromatic carbocycles. The second-order valence-electron chi connectivity index (χ2n) is 3.96. The number of benzene rings is 2. The summed E-state index contributed by atoms with van der Waals surface area (Å²) in [5, 5.41) is 0. The largest absolute Gasteiger partial charge is 0.494 e. The van der Waals surface area contributed by atoms with Gasteiger partial charge in [0.2, 0.25) is 0 Å². The van der Waals surface area contributed by atoms with Crippen LogP contribution in [0.1, 0.15) is 10.4 Å². The summed E-state index contributed by atoms with van der Waals surface area (Å²) in [6.45, 7) is 0. The van der Waals surface area contributed by atoms with Gasteiger partial charge in [0.15, 0.2) is 11.6 Å². The number of rotatable bonds is 3. The minimum absolute atomic E-state index is 0.0373. The molecule has 0 radical (unpaired) electrons. The second kappa shape index (κ2) is 4.97. The molecular weight excluding hydrogens is 247 g/mol. The van der Waals surface area contributed by atoms with Gasteiger partial charge in [0.25, 0.3) is 5.91 Å². The van der Waals surface area contributed by atoms with Gasteiger partial charge in [-0.2, -0.15) is 0 Å². The molecule has 0 saturated carbocycles. The van der Waals surface area contributed by atoms with E-state index in [2.05, 4.69) is 0 Å². The van der Waals surface area contributed by atoms with Crippen molar-refractivity contribution in [2.75, 3.05) is 12.8 Å².